The standard InChI is InChI=1S/C9H19NO.C7H8.C2H6/c1-4-6-10(7-5-2)8-9(3)11;1-7-5-3-2-4-6-7;1-2/h4-8H2,1-3H3;2-6H,1H3;1-2H3. The number of nitrogens with zero attached hydrogens (tertiary/aromatic N) is 1. The summed E-state index contributed by atoms with van der Waals surface area (Å²) >= 11 is 0. The summed E-state index contributed by atoms with van der Waals surface area (Å²) in [5.74, 6) is 0.270. The number of carbonyl (C=O) groups is 1. The molecule has 0 saturated carbocycles. The molecule has 1 aromatic rings. The highest BCUT2D eigenvalue weighted by molar-refractivity contribution is 5.77. The largest absolute Gasteiger partial charge is 0.299 e. The Morgan fingerprint density at radius 2 is 1.45 bits per heavy atom. The summed E-state index contributed by atoms with van der Waals surface area (Å²) in [6.45, 7) is 14.7. The molecule has 0 radical (unpaired) electrons. The van der Waals surface area contributed by atoms with Gasteiger partial charge >= 0.3 is 0 Å². The summed E-state index contributed by atoms with van der Waals surface area (Å²) in [4.78, 5) is 13.0. The maximum absolute atomic E-state index is 10.8. The molecule has 0 aliphatic carbocycles. The zero-order valence-electron chi connectivity index (χ0n) is 14.3. The molecule has 0 heterocycles. The van der Waals surface area contributed by atoms with E-state index in [-0.39, 0.29) is 5.78 Å². The quantitative estimate of drug-likeness (QED) is 0.751. The molecule has 1 aromatic carbocycles. The average molecular weight is 279 g/mol. The van der Waals surface area contributed by atoms with Crippen molar-refractivity contribution in [3.05, 3.63) is 35.9 Å². The van der Waals surface area contributed by atoms with Gasteiger partial charge in [-0.25, -0.2) is 0 Å². The Bertz CT molecular complexity index is 302. The Balaban J connectivity index is 0. The molecular formula is C18H33NO. The van der Waals surface area contributed by atoms with E-state index < -0.39 is 0 Å². The third-order valence-corrected chi connectivity index (χ3v) is 2.47. The maximum atomic E-state index is 10.8. The number of hydrogen-bond acceptors (Lipinski definition) is 2. The SMILES string of the molecule is CC.CCCN(CCC)CC(C)=O.Cc1ccccc1. The van der Waals surface area contributed by atoms with Crippen molar-refractivity contribution in [2.24, 2.45) is 0 Å². The Kier molecular flexibility index (Phi) is 16.8. The lowest BCUT2D eigenvalue weighted by Crippen LogP contribution is -2.30. The maximum Gasteiger partial charge on any atom is 0.143 e. The van der Waals surface area contributed by atoms with Gasteiger partial charge in [-0.3, -0.25) is 9.69 Å². The van der Waals surface area contributed by atoms with Crippen LogP contribution in [0.5, 0.6) is 0 Å². The molecule has 20 heavy (non-hydrogen) atoms. The third-order valence-electron chi connectivity index (χ3n) is 2.47. The van der Waals surface area contributed by atoms with Gasteiger partial charge in [0.15, 0.2) is 0 Å². The second-order valence-electron chi connectivity index (χ2n) is 4.63. The third kappa shape index (κ3) is 14.9. The van der Waals surface area contributed by atoms with Crippen LogP contribution in [0.25, 0.3) is 0 Å². The summed E-state index contributed by atoms with van der Waals surface area (Å²) in [5, 5.41) is 0. The number of Topliss-reactive ketones (excluding diaryl/α,β-unsaturated/α-hetero) is 1. The van der Waals surface area contributed by atoms with E-state index >= 15 is 0 Å². The summed E-state index contributed by atoms with van der Waals surface area (Å²) in [6, 6.07) is 10.3. The minimum Gasteiger partial charge on any atom is -0.299 e. The van der Waals surface area contributed by atoms with E-state index in [1.165, 1.54) is 5.56 Å². The van der Waals surface area contributed by atoms with Crippen molar-refractivity contribution < 1.29 is 4.79 Å². The smallest absolute Gasteiger partial charge is 0.143 e. The highest BCUT2D eigenvalue weighted by Gasteiger charge is 2.03. The number of aryl methyl sites for hydroxylation is 1. The van der Waals surface area contributed by atoms with E-state index in [1.54, 1.807) is 6.92 Å². The number of carbonyl (C=O) groups excluding carboxylic acids is 1. The van der Waals surface area contributed by atoms with Gasteiger partial charge in [0.2, 0.25) is 0 Å². The Morgan fingerprint density at radius 3 is 1.70 bits per heavy atom. The van der Waals surface area contributed by atoms with Gasteiger partial charge in [-0.05, 0) is 39.8 Å². The molecule has 2 heteroatoms. The second kappa shape index (κ2) is 15.9. The van der Waals surface area contributed by atoms with Gasteiger partial charge in [0.1, 0.15) is 5.78 Å². The van der Waals surface area contributed by atoms with Crippen LogP contribution in [-0.2, 0) is 4.79 Å². The van der Waals surface area contributed by atoms with Crippen molar-refractivity contribution in [3.63, 3.8) is 0 Å². The summed E-state index contributed by atoms with van der Waals surface area (Å²) in [5.41, 5.74) is 1.32. The summed E-state index contributed by atoms with van der Waals surface area (Å²) < 4.78 is 0. The molecule has 1 rings (SSSR count). The van der Waals surface area contributed by atoms with Crippen LogP contribution in [0.2, 0.25) is 0 Å². The van der Waals surface area contributed by atoms with Crippen LogP contribution in [0, 0.1) is 6.92 Å². The van der Waals surface area contributed by atoms with Gasteiger partial charge in [0.25, 0.3) is 0 Å². The van der Waals surface area contributed by atoms with Crippen LogP contribution in [0.1, 0.15) is 53.0 Å². The number of rotatable bonds is 6. The zero-order chi connectivity index (χ0) is 15.8. The molecule has 0 N–H and O–H groups in total. The lowest BCUT2D eigenvalue weighted by atomic mass is 10.2. The topological polar surface area (TPSA) is 20.3 Å². The lowest BCUT2D eigenvalue weighted by molar-refractivity contribution is -0.118. The molecule has 116 valence electrons. The predicted octanol–water partition coefficient (Wildman–Crippen LogP) is 4.72. The Hall–Kier alpha value is -1.15. The molecule has 0 aliphatic heterocycles. The van der Waals surface area contributed by atoms with E-state index in [0.717, 1.165) is 25.9 Å². The zero-order valence-corrected chi connectivity index (χ0v) is 14.3. The summed E-state index contributed by atoms with van der Waals surface area (Å²) in [6.07, 6.45) is 2.26. The van der Waals surface area contributed by atoms with Crippen LogP contribution in [-0.4, -0.2) is 30.3 Å². The van der Waals surface area contributed by atoms with E-state index in [0.29, 0.717) is 6.54 Å². The van der Waals surface area contributed by atoms with Crippen molar-refractivity contribution in [1.82, 2.24) is 4.90 Å². The normalized spacial score (nSPS) is 9.15. The van der Waals surface area contributed by atoms with Gasteiger partial charge in [-0.15, -0.1) is 0 Å². The fourth-order valence-electron chi connectivity index (χ4n) is 1.75. The average Bonchev–Trinajstić information content (AvgIpc) is 2.42. The van der Waals surface area contributed by atoms with E-state index in [1.807, 2.05) is 32.0 Å². The first-order chi connectivity index (χ1) is 9.60. The lowest BCUT2D eigenvalue weighted by Gasteiger charge is -2.18. The molecule has 0 aromatic heterocycles. The molecule has 0 amide bonds. The fraction of sp³-hybridized carbons (Fsp3) is 0.611. The van der Waals surface area contributed by atoms with Crippen LogP contribution in [0.3, 0.4) is 0 Å². The van der Waals surface area contributed by atoms with Gasteiger partial charge in [0.05, 0.1) is 6.54 Å². The van der Waals surface area contributed by atoms with Gasteiger partial charge in [-0.1, -0.05) is 63.6 Å². The van der Waals surface area contributed by atoms with Crippen molar-refractivity contribution in [1.29, 1.82) is 0 Å². The van der Waals surface area contributed by atoms with Crippen molar-refractivity contribution in [2.45, 2.75) is 54.4 Å². The number of hydrogen-bond donors (Lipinski definition) is 0. The molecule has 0 aliphatic rings. The van der Waals surface area contributed by atoms with E-state index in [9.17, 15) is 4.79 Å². The van der Waals surface area contributed by atoms with Gasteiger partial charge in [-0.2, -0.15) is 0 Å². The van der Waals surface area contributed by atoms with Crippen molar-refractivity contribution in [2.75, 3.05) is 19.6 Å². The number of benzene rings is 1. The minimum absolute atomic E-state index is 0.270. The van der Waals surface area contributed by atoms with Crippen molar-refractivity contribution >= 4 is 5.78 Å². The minimum atomic E-state index is 0.270. The molecule has 0 saturated heterocycles. The Labute approximate surface area is 126 Å². The Morgan fingerprint density at radius 1 is 1.00 bits per heavy atom. The molecule has 0 fully saturated rings. The first-order valence-corrected chi connectivity index (χ1v) is 7.83. The highest BCUT2D eigenvalue weighted by Crippen LogP contribution is 1.93. The second-order valence-corrected chi connectivity index (χ2v) is 4.63. The van der Waals surface area contributed by atoms with Gasteiger partial charge < -0.3 is 0 Å². The van der Waals surface area contributed by atoms with Crippen molar-refractivity contribution in [3.8, 4) is 0 Å². The van der Waals surface area contributed by atoms with Crippen LogP contribution in [0.15, 0.2) is 30.3 Å². The monoisotopic (exact) mass is 279 g/mol. The molecule has 0 atom stereocenters. The molecule has 0 unspecified atom stereocenters. The summed E-state index contributed by atoms with van der Waals surface area (Å²) in [7, 11) is 0. The van der Waals surface area contributed by atoms with Gasteiger partial charge in [0, 0.05) is 0 Å². The van der Waals surface area contributed by atoms with E-state index in [2.05, 4.69) is 37.8 Å². The predicted molar refractivity (Wildman–Crippen MR) is 90.2 cm³/mol. The van der Waals surface area contributed by atoms with Crippen LogP contribution >= 0.6 is 0 Å². The molecule has 2 nitrogen and oxygen atoms in total. The van der Waals surface area contributed by atoms with E-state index in [4.69, 9.17) is 0 Å². The van der Waals surface area contributed by atoms with Crippen LogP contribution < -0.4 is 0 Å². The molecule has 0 bridgehead atoms. The first-order valence-electron chi connectivity index (χ1n) is 7.83. The number of ketones is 1. The highest BCUT2D eigenvalue weighted by atomic mass is 16.1. The van der Waals surface area contributed by atoms with Crippen LogP contribution in [0.4, 0.5) is 0 Å². The first kappa shape index (κ1) is 21.2. The molecule has 0 spiro atoms. The molecular weight excluding hydrogens is 246 g/mol. The fourth-order valence-corrected chi connectivity index (χ4v) is 1.75.